The summed E-state index contributed by atoms with van der Waals surface area (Å²) in [5.74, 6) is 0.717. The molecule has 0 radical (unpaired) electrons. The zero-order valence-electron chi connectivity index (χ0n) is 11.0. The second-order valence-electron chi connectivity index (χ2n) is 4.20. The molecule has 1 N–H and O–H groups in total. The number of carbonyl (C=O) groups is 1. The number of hydrogen-bond donors (Lipinski definition) is 1. The second-order valence-corrected chi connectivity index (χ2v) is 5.50. The van der Waals surface area contributed by atoms with E-state index in [-0.39, 0.29) is 11.2 Å². The molecule has 0 aliphatic rings. The average molecular weight is 277 g/mol. The highest BCUT2D eigenvalue weighted by Gasteiger charge is 2.18. The predicted octanol–water partition coefficient (Wildman–Crippen LogP) is 1.44. The fourth-order valence-electron chi connectivity index (χ4n) is 1.51. The first-order valence-electron chi connectivity index (χ1n) is 5.78. The lowest BCUT2D eigenvalue weighted by atomic mass is 10.3. The van der Waals surface area contributed by atoms with Gasteiger partial charge in [-0.1, -0.05) is 11.8 Å². The van der Waals surface area contributed by atoms with Gasteiger partial charge < -0.3 is 4.90 Å². The van der Waals surface area contributed by atoms with E-state index in [1.165, 1.54) is 11.8 Å². The molecule has 2 rings (SSSR count). The Balaban J connectivity index is 2.08. The molecule has 1 atom stereocenters. The lowest BCUT2D eigenvalue weighted by molar-refractivity contribution is -0.127. The Morgan fingerprint density at radius 2 is 2.05 bits per heavy atom. The van der Waals surface area contributed by atoms with Crippen LogP contribution in [-0.2, 0) is 4.79 Å². The summed E-state index contributed by atoms with van der Waals surface area (Å²) in [6.45, 7) is 1.84. The molecule has 0 unspecified atom stereocenters. The van der Waals surface area contributed by atoms with Gasteiger partial charge in [-0.3, -0.25) is 14.9 Å². The van der Waals surface area contributed by atoms with Crippen LogP contribution in [0, 0.1) is 0 Å². The third kappa shape index (κ3) is 3.31. The first kappa shape index (κ1) is 13.5. The first-order valence-corrected chi connectivity index (χ1v) is 6.66. The number of nitrogens with zero attached hydrogens (tertiary/aromatic N) is 4. The van der Waals surface area contributed by atoms with Crippen LogP contribution in [0.3, 0.4) is 0 Å². The van der Waals surface area contributed by atoms with Gasteiger partial charge in [-0.25, -0.2) is 4.98 Å². The maximum absolute atomic E-state index is 11.8. The smallest absolute Gasteiger partial charge is 0.235 e. The standard InChI is InChI=1S/C12H15N5OS/c1-8(11(18)17(2)3)19-12-14-10(15-16-12)9-4-6-13-7-5-9/h4-8H,1-3H3,(H,14,15,16)/t8-/m0/s1. The maximum Gasteiger partial charge on any atom is 0.235 e. The summed E-state index contributed by atoms with van der Waals surface area (Å²) in [7, 11) is 3.47. The van der Waals surface area contributed by atoms with Crippen LogP contribution < -0.4 is 0 Å². The minimum atomic E-state index is -0.212. The molecule has 0 saturated carbocycles. The summed E-state index contributed by atoms with van der Waals surface area (Å²) < 4.78 is 0. The first-order chi connectivity index (χ1) is 9.08. The average Bonchev–Trinajstić information content (AvgIpc) is 2.87. The van der Waals surface area contributed by atoms with Gasteiger partial charge in [-0.05, 0) is 19.1 Å². The van der Waals surface area contributed by atoms with E-state index in [9.17, 15) is 4.79 Å². The van der Waals surface area contributed by atoms with Crippen LogP contribution in [0.15, 0.2) is 29.7 Å². The molecule has 2 heterocycles. The van der Waals surface area contributed by atoms with Crippen molar-refractivity contribution in [3.05, 3.63) is 24.5 Å². The fraction of sp³-hybridized carbons (Fsp3) is 0.333. The Morgan fingerprint density at radius 3 is 2.68 bits per heavy atom. The van der Waals surface area contributed by atoms with E-state index in [0.29, 0.717) is 11.0 Å². The van der Waals surface area contributed by atoms with Crippen LogP contribution in [0.1, 0.15) is 6.92 Å². The number of aromatic amines is 1. The summed E-state index contributed by atoms with van der Waals surface area (Å²) in [5, 5.41) is 7.32. The Kier molecular flexibility index (Phi) is 4.16. The number of carbonyl (C=O) groups excluding carboxylic acids is 1. The van der Waals surface area contributed by atoms with Crippen molar-refractivity contribution < 1.29 is 4.79 Å². The van der Waals surface area contributed by atoms with Crippen LogP contribution in [-0.4, -0.2) is 50.3 Å². The van der Waals surface area contributed by atoms with Crippen molar-refractivity contribution in [2.24, 2.45) is 0 Å². The van der Waals surface area contributed by atoms with Crippen LogP contribution in [0.4, 0.5) is 0 Å². The molecule has 1 amide bonds. The van der Waals surface area contributed by atoms with Crippen molar-refractivity contribution in [1.82, 2.24) is 25.1 Å². The summed E-state index contributed by atoms with van der Waals surface area (Å²) in [4.78, 5) is 21.6. The molecule has 6 nitrogen and oxygen atoms in total. The van der Waals surface area contributed by atoms with Crippen molar-refractivity contribution >= 4 is 17.7 Å². The summed E-state index contributed by atoms with van der Waals surface area (Å²) in [6.07, 6.45) is 3.39. The highest BCUT2D eigenvalue weighted by atomic mass is 32.2. The van der Waals surface area contributed by atoms with Crippen molar-refractivity contribution in [3.63, 3.8) is 0 Å². The Morgan fingerprint density at radius 1 is 1.37 bits per heavy atom. The van der Waals surface area contributed by atoms with Gasteiger partial charge >= 0.3 is 0 Å². The molecule has 0 fully saturated rings. The Bertz CT molecular complexity index is 554. The SMILES string of the molecule is C[C@H](Sc1n[nH]c(-c2ccncc2)n1)C(=O)N(C)C. The highest BCUT2D eigenvalue weighted by Crippen LogP contribution is 2.22. The van der Waals surface area contributed by atoms with Gasteiger partial charge in [-0.2, -0.15) is 0 Å². The minimum absolute atomic E-state index is 0.0419. The van der Waals surface area contributed by atoms with Crippen LogP contribution in [0.5, 0.6) is 0 Å². The second kappa shape index (κ2) is 5.83. The quantitative estimate of drug-likeness (QED) is 0.856. The van der Waals surface area contributed by atoms with E-state index in [1.54, 1.807) is 31.4 Å². The van der Waals surface area contributed by atoms with E-state index in [1.807, 2.05) is 19.1 Å². The number of amides is 1. The molecule has 19 heavy (non-hydrogen) atoms. The molecular formula is C12H15N5OS. The summed E-state index contributed by atoms with van der Waals surface area (Å²) in [5.41, 5.74) is 0.918. The fourth-order valence-corrected chi connectivity index (χ4v) is 2.38. The van der Waals surface area contributed by atoms with E-state index in [0.717, 1.165) is 5.56 Å². The molecule has 0 aromatic carbocycles. The van der Waals surface area contributed by atoms with E-state index >= 15 is 0 Å². The van der Waals surface area contributed by atoms with Crippen LogP contribution >= 0.6 is 11.8 Å². The number of hydrogen-bond acceptors (Lipinski definition) is 5. The predicted molar refractivity (Wildman–Crippen MR) is 73.6 cm³/mol. The number of H-pyrrole nitrogens is 1. The number of thioether (sulfide) groups is 1. The lowest BCUT2D eigenvalue weighted by Gasteiger charge is -2.14. The van der Waals surface area contributed by atoms with E-state index in [4.69, 9.17) is 0 Å². The zero-order chi connectivity index (χ0) is 13.8. The largest absolute Gasteiger partial charge is 0.348 e. The van der Waals surface area contributed by atoms with Crippen LogP contribution in [0.25, 0.3) is 11.4 Å². The van der Waals surface area contributed by atoms with Crippen molar-refractivity contribution in [1.29, 1.82) is 0 Å². The molecule has 100 valence electrons. The van der Waals surface area contributed by atoms with Crippen molar-refractivity contribution in [3.8, 4) is 11.4 Å². The van der Waals surface area contributed by atoms with Gasteiger partial charge in [0.2, 0.25) is 11.1 Å². The molecule has 0 aliphatic carbocycles. The molecular weight excluding hydrogens is 262 g/mol. The lowest BCUT2D eigenvalue weighted by Crippen LogP contribution is -2.29. The number of nitrogens with one attached hydrogen (secondary N) is 1. The van der Waals surface area contributed by atoms with E-state index in [2.05, 4.69) is 20.2 Å². The Labute approximate surface area is 115 Å². The molecule has 0 aliphatic heterocycles. The van der Waals surface area contributed by atoms with E-state index < -0.39 is 0 Å². The minimum Gasteiger partial charge on any atom is -0.348 e. The molecule has 0 bridgehead atoms. The van der Waals surface area contributed by atoms with Gasteiger partial charge in [0.15, 0.2) is 5.82 Å². The molecule has 2 aromatic rings. The summed E-state index contributed by atoms with van der Waals surface area (Å²) in [6, 6.07) is 3.70. The number of rotatable bonds is 4. The van der Waals surface area contributed by atoms with Gasteiger partial charge in [-0.15, -0.1) is 5.10 Å². The number of aromatic nitrogens is 4. The van der Waals surface area contributed by atoms with Crippen molar-refractivity contribution in [2.75, 3.05) is 14.1 Å². The molecule has 0 saturated heterocycles. The third-order valence-corrected chi connectivity index (χ3v) is 3.44. The highest BCUT2D eigenvalue weighted by molar-refractivity contribution is 8.00. The summed E-state index contributed by atoms with van der Waals surface area (Å²) >= 11 is 1.34. The monoisotopic (exact) mass is 277 g/mol. The third-order valence-electron chi connectivity index (χ3n) is 2.49. The Hall–Kier alpha value is -1.89. The normalized spacial score (nSPS) is 12.2. The molecule has 7 heteroatoms. The van der Waals surface area contributed by atoms with Gasteiger partial charge in [0.25, 0.3) is 0 Å². The number of pyridine rings is 1. The topological polar surface area (TPSA) is 74.8 Å². The molecule has 2 aromatic heterocycles. The van der Waals surface area contributed by atoms with Gasteiger partial charge in [0.05, 0.1) is 5.25 Å². The molecule has 0 spiro atoms. The van der Waals surface area contributed by atoms with Gasteiger partial charge in [0.1, 0.15) is 0 Å². The zero-order valence-corrected chi connectivity index (χ0v) is 11.8. The maximum atomic E-state index is 11.8. The van der Waals surface area contributed by atoms with Crippen LogP contribution in [0.2, 0.25) is 0 Å². The van der Waals surface area contributed by atoms with Crippen molar-refractivity contribution in [2.45, 2.75) is 17.3 Å². The van der Waals surface area contributed by atoms with Gasteiger partial charge in [0, 0.05) is 32.1 Å².